The first-order chi connectivity index (χ1) is 11.8. The van der Waals surface area contributed by atoms with E-state index in [1.807, 2.05) is 19.1 Å². The molecule has 122 valence electrons. The van der Waals surface area contributed by atoms with Crippen molar-refractivity contribution in [3.05, 3.63) is 41.6 Å². The molecule has 24 heavy (non-hydrogen) atoms. The SMILES string of the molecule is CCc1nnc(Sc2nc(-c3ccncc3)nc3c2CCC3)n1N. The maximum absolute atomic E-state index is 6.08. The summed E-state index contributed by atoms with van der Waals surface area (Å²) >= 11 is 1.46. The zero-order chi connectivity index (χ0) is 16.5. The van der Waals surface area contributed by atoms with Crippen LogP contribution in [0.2, 0.25) is 0 Å². The molecule has 3 aromatic heterocycles. The van der Waals surface area contributed by atoms with Gasteiger partial charge in [0.25, 0.3) is 0 Å². The molecule has 0 spiro atoms. The molecule has 4 rings (SSSR count). The van der Waals surface area contributed by atoms with Crippen molar-refractivity contribution >= 4 is 11.8 Å². The van der Waals surface area contributed by atoms with E-state index in [4.69, 9.17) is 15.8 Å². The minimum atomic E-state index is 0.653. The van der Waals surface area contributed by atoms with Crippen LogP contribution in [-0.2, 0) is 19.3 Å². The monoisotopic (exact) mass is 339 g/mol. The minimum absolute atomic E-state index is 0.653. The van der Waals surface area contributed by atoms with E-state index in [2.05, 4.69) is 15.2 Å². The molecule has 0 bridgehead atoms. The molecule has 0 radical (unpaired) electrons. The van der Waals surface area contributed by atoms with Gasteiger partial charge in [0, 0.05) is 35.6 Å². The number of aryl methyl sites for hydroxylation is 2. The molecule has 2 N–H and O–H groups in total. The lowest BCUT2D eigenvalue weighted by Gasteiger charge is -2.09. The molecular weight excluding hydrogens is 322 g/mol. The second-order valence-electron chi connectivity index (χ2n) is 5.59. The predicted octanol–water partition coefficient (Wildman–Crippen LogP) is 2.05. The van der Waals surface area contributed by atoms with Gasteiger partial charge in [0.05, 0.1) is 0 Å². The average molecular weight is 339 g/mol. The fourth-order valence-corrected chi connectivity index (χ4v) is 3.75. The number of rotatable bonds is 4. The number of nitrogen functional groups attached to an aromatic ring is 1. The normalized spacial score (nSPS) is 13.2. The van der Waals surface area contributed by atoms with E-state index in [1.54, 1.807) is 17.1 Å². The van der Waals surface area contributed by atoms with Gasteiger partial charge in [-0.2, -0.15) is 0 Å². The van der Waals surface area contributed by atoms with Crippen LogP contribution >= 0.6 is 11.8 Å². The molecule has 7 nitrogen and oxygen atoms in total. The predicted molar refractivity (Wildman–Crippen MR) is 91.0 cm³/mol. The van der Waals surface area contributed by atoms with Crippen molar-refractivity contribution in [1.82, 2.24) is 29.8 Å². The van der Waals surface area contributed by atoms with Crippen molar-refractivity contribution < 1.29 is 0 Å². The molecule has 1 aliphatic carbocycles. The summed E-state index contributed by atoms with van der Waals surface area (Å²) in [5.74, 6) is 7.56. The smallest absolute Gasteiger partial charge is 0.216 e. The molecule has 3 aromatic rings. The lowest BCUT2D eigenvalue weighted by atomic mass is 10.2. The molecule has 0 amide bonds. The first-order valence-corrected chi connectivity index (χ1v) is 8.75. The minimum Gasteiger partial charge on any atom is -0.336 e. The molecule has 0 aliphatic heterocycles. The van der Waals surface area contributed by atoms with Gasteiger partial charge in [0.2, 0.25) is 5.16 Å². The number of hydrogen-bond acceptors (Lipinski definition) is 7. The third-order valence-corrected chi connectivity index (χ3v) is 5.06. The summed E-state index contributed by atoms with van der Waals surface area (Å²) < 4.78 is 1.54. The van der Waals surface area contributed by atoms with E-state index < -0.39 is 0 Å². The van der Waals surface area contributed by atoms with Crippen molar-refractivity contribution in [2.45, 2.75) is 42.8 Å². The van der Waals surface area contributed by atoms with E-state index in [0.717, 1.165) is 53.6 Å². The van der Waals surface area contributed by atoms with Gasteiger partial charge in [-0.25, -0.2) is 14.6 Å². The maximum atomic E-state index is 6.08. The highest BCUT2D eigenvalue weighted by Crippen LogP contribution is 2.34. The van der Waals surface area contributed by atoms with Crippen LogP contribution in [-0.4, -0.2) is 29.8 Å². The number of hydrogen-bond donors (Lipinski definition) is 1. The lowest BCUT2D eigenvalue weighted by Crippen LogP contribution is -2.13. The van der Waals surface area contributed by atoms with Crippen LogP contribution in [0.3, 0.4) is 0 Å². The van der Waals surface area contributed by atoms with Crippen LogP contribution in [0.1, 0.15) is 30.4 Å². The highest BCUT2D eigenvalue weighted by Gasteiger charge is 2.22. The summed E-state index contributed by atoms with van der Waals surface area (Å²) in [6.07, 6.45) is 7.33. The second-order valence-corrected chi connectivity index (χ2v) is 6.55. The summed E-state index contributed by atoms with van der Waals surface area (Å²) in [5, 5.41) is 9.89. The van der Waals surface area contributed by atoms with E-state index in [1.165, 1.54) is 17.3 Å². The van der Waals surface area contributed by atoms with E-state index in [0.29, 0.717) is 5.16 Å². The Balaban J connectivity index is 1.77. The van der Waals surface area contributed by atoms with Gasteiger partial charge in [0.1, 0.15) is 5.03 Å². The fourth-order valence-electron chi connectivity index (χ4n) is 2.82. The van der Waals surface area contributed by atoms with Gasteiger partial charge in [-0.1, -0.05) is 6.92 Å². The van der Waals surface area contributed by atoms with Crippen LogP contribution < -0.4 is 5.84 Å². The van der Waals surface area contributed by atoms with Crippen molar-refractivity contribution in [2.24, 2.45) is 0 Å². The number of nitrogens with zero attached hydrogens (tertiary/aromatic N) is 6. The second kappa shape index (κ2) is 6.20. The Morgan fingerprint density at radius 2 is 2.00 bits per heavy atom. The van der Waals surface area contributed by atoms with E-state index >= 15 is 0 Å². The third kappa shape index (κ3) is 2.62. The van der Waals surface area contributed by atoms with Crippen molar-refractivity contribution in [3.63, 3.8) is 0 Å². The first-order valence-electron chi connectivity index (χ1n) is 7.93. The molecule has 0 aromatic carbocycles. The van der Waals surface area contributed by atoms with Gasteiger partial charge in [-0.05, 0) is 43.2 Å². The summed E-state index contributed by atoms with van der Waals surface area (Å²) in [5.41, 5.74) is 3.29. The van der Waals surface area contributed by atoms with Crippen LogP contribution in [0.25, 0.3) is 11.4 Å². The quantitative estimate of drug-likeness (QED) is 0.574. The molecule has 3 heterocycles. The highest BCUT2D eigenvalue weighted by molar-refractivity contribution is 7.99. The lowest BCUT2D eigenvalue weighted by molar-refractivity contribution is 0.794. The zero-order valence-electron chi connectivity index (χ0n) is 13.3. The standard InChI is InChI=1S/C16H17N7S/c1-2-13-21-22-16(23(13)17)24-15-11-4-3-5-12(11)19-14(20-15)10-6-8-18-9-7-10/h6-9H,2-5,17H2,1H3. The van der Waals surface area contributed by atoms with Gasteiger partial charge < -0.3 is 5.84 Å². The fraction of sp³-hybridized carbons (Fsp3) is 0.312. The Labute approximate surface area is 143 Å². The molecule has 0 fully saturated rings. The number of pyridine rings is 1. The molecule has 0 saturated heterocycles. The summed E-state index contributed by atoms with van der Waals surface area (Å²) in [4.78, 5) is 13.6. The topological polar surface area (TPSA) is 95.4 Å². The summed E-state index contributed by atoms with van der Waals surface area (Å²) in [6, 6.07) is 3.84. The highest BCUT2D eigenvalue weighted by atomic mass is 32.2. The van der Waals surface area contributed by atoms with E-state index in [-0.39, 0.29) is 0 Å². The molecule has 0 atom stereocenters. The Bertz CT molecular complexity index is 876. The van der Waals surface area contributed by atoms with Crippen LogP contribution in [0.15, 0.2) is 34.7 Å². The molecule has 0 unspecified atom stereocenters. The van der Waals surface area contributed by atoms with Gasteiger partial charge in [0.15, 0.2) is 11.6 Å². The third-order valence-electron chi connectivity index (χ3n) is 4.07. The molecule has 8 heteroatoms. The van der Waals surface area contributed by atoms with E-state index in [9.17, 15) is 0 Å². The number of nitrogens with two attached hydrogens (primary N) is 1. The average Bonchev–Trinajstić information content (AvgIpc) is 3.23. The summed E-state index contributed by atoms with van der Waals surface area (Å²) in [6.45, 7) is 2.01. The Morgan fingerprint density at radius 3 is 2.75 bits per heavy atom. The molecular formula is C16H17N7S. The Morgan fingerprint density at radius 1 is 1.17 bits per heavy atom. The van der Waals surface area contributed by atoms with Crippen LogP contribution in [0, 0.1) is 0 Å². The number of fused-ring (bicyclic) bond motifs is 1. The maximum Gasteiger partial charge on any atom is 0.216 e. The van der Waals surface area contributed by atoms with Gasteiger partial charge in [-0.3, -0.25) is 4.98 Å². The molecule has 0 saturated carbocycles. The first kappa shape index (κ1) is 15.1. The Kier molecular flexibility index (Phi) is 3.89. The van der Waals surface area contributed by atoms with Gasteiger partial charge >= 0.3 is 0 Å². The van der Waals surface area contributed by atoms with Crippen molar-refractivity contribution in [3.8, 4) is 11.4 Å². The largest absolute Gasteiger partial charge is 0.336 e. The number of aromatic nitrogens is 6. The van der Waals surface area contributed by atoms with Gasteiger partial charge in [-0.15, -0.1) is 10.2 Å². The van der Waals surface area contributed by atoms with Crippen LogP contribution in [0.4, 0.5) is 0 Å². The zero-order valence-corrected chi connectivity index (χ0v) is 14.1. The summed E-state index contributed by atoms with van der Waals surface area (Å²) in [7, 11) is 0. The van der Waals surface area contributed by atoms with Crippen molar-refractivity contribution in [1.29, 1.82) is 0 Å². The van der Waals surface area contributed by atoms with Crippen LogP contribution in [0.5, 0.6) is 0 Å². The Hall–Kier alpha value is -2.48. The molecule has 1 aliphatic rings. The van der Waals surface area contributed by atoms with Crippen molar-refractivity contribution in [2.75, 3.05) is 5.84 Å².